The molecule has 5 heteroatoms. The predicted molar refractivity (Wildman–Crippen MR) is 81.0 cm³/mol. The van der Waals surface area contributed by atoms with E-state index in [2.05, 4.69) is 0 Å². The summed E-state index contributed by atoms with van der Waals surface area (Å²) < 4.78 is 10.9. The van der Waals surface area contributed by atoms with E-state index in [1.54, 1.807) is 36.4 Å². The lowest BCUT2D eigenvalue weighted by Crippen LogP contribution is -2.15. The molecule has 2 aromatic carbocycles. The highest BCUT2D eigenvalue weighted by molar-refractivity contribution is 6.20. The highest BCUT2D eigenvalue weighted by atomic mass is 16.6. The molecule has 1 heterocycles. The second kappa shape index (κ2) is 5.81. The predicted octanol–water partition coefficient (Wildman–Crippen LogP) is 2.79. The van der Waals surface area contributed by atoms with Crippen LogP contribution < -0.4 is 9.47 Å². The van der Waals surface area contributed by atoms with E-state index in [9.17, 15) is 15.0 Å². The minimum atomic E-state index is -1.04. The summed E-state index contributed by atoms with van der Waals surface area (Å²) in [4.78, 5) is 11.5. The van der Waals surface area contributed by atoms with Gasteiger partial charge >= 0.3 is 5.97 Å². The Hall–Kier alpha value is -2.95. The Morgan fingerprint density at radius 3 is 2.36 bits per heavy atom. The zero-order chi connectivity index (χ0) is 15.5. The Balaban J connectivity index is 2.01. The Morgan fingerprint density at radius 2 is 1.68 bits per heavy atom. The van der Waals surface area contributed by atoms with E-state index in [-0.39, 0.29) is 11.3 Å². The summed E-state index contributed by atoms with van der Waals surface area (Å²) in [6.07, 6.45) is 1.55. The lowest BCUT2D eigenvalue weighted by Gasteiger charge is -2.19. The molecule has 22 heavy (non-hydrogen) atoms. The summed E-state index contributed by atoms with van der Waals surface area (Å²) in [6, 6.07) is 11.4. The molecule has 0 fully saturated rings. The minimum Gasteiger partial charge on any atom is -0.508 e. The number of aliphatic carboxylic acids is 1. The third-order valence-electron chi connectivity index (χ3n) is 3.29. The molecule has 0 atom stereocenters. The average molecular weight is 298 g/mol. The molecule has 0 spiro atoms. The molecule has 2 N–H and O–H groups in total. The van der Waals surface area contributed by atoms with Crippen molar-refractivity contribution in [2.45, 2.75) is 0 Å². The molecule has 1 aliphatic heterocycles. The highest BCUT2D eigenvalue weighted by Gasteiger charge is 2.16. The average Bonchev–Trinajstić information content (AvgIpc) is 2.53. The van der Waals surface area contributed by atoms with Gasteiger partial charge in [-0.1, -0.05) is 18.2 Å². The van der Waals surface area contributed by atoms with Crippen LogP contribution in [0, 0.1) is 0 Å². The number of benzene rings is 2. The second-order valence-electron chi connectivity index (χ2n) is 4.81. The molecule has 0 bridgehead atoms. The summed E-state index contributed by atoms with van der Waals surface area (Å²) in [5, 5.41) is 18.7. The van der Waals surface area contributed by atoms with Gasteiger partial charge in [0, 0.05) is 0 Å². The zero-order valence-electron chi connectivity index (χ0n) is 11.7. The number of carbonyl (C=O) groups is 1. The van der Waals surface area contributed by atoms with Crippen molar-refractivity contribution >= 4 is 17.6 Å². The first-order chi connectivity index (χ1) is 10.6. The molecule has 0 saturated heterocycles. The van der Waals surface area contributed by atoms with Crippen LogP contribution in [0.1, 0.15) is 11.1 Å². The maximum atomic E-state index is 11.5. The monoisotopic (exact) mass is 298 g/mol. The fourth-order valence-corrected chi connectivity index (χ4v) is 2.22. The molecular weight excluding hydrogens is 284 g/mol. The third-order valence-corrected chi connectivity index (χ3v) is 3.29. The van der Waals surface area contributed by atoms with Gasteiger partial charge in [-0.3, -0.25) is 0 Å². The first-order valence-electron chi connectivity index (χ1n) is 6.77. The number of carboxylic acids is 1. The van der Waals surface area contributed by atoms with E-state index >= 15 is 0 Å². The van der Waals surface area contributed by atoms with Crippen LogP contribution in [0.5, 0.6) is 17.2 Å². The molecule has 5 nitrogen and oxygen atoms in total. The molecule has 0 amide bonds. The van der Waals surface area contributed by atoms with Crippen LogP contribution in [-0.4, -0.2) is 29.4 Å². The van der Waals surface area contributed by atoms with Crippen molar-refractivity contribution in [1.82, 2.24) is 0 Å². The van der Waals surface area contributed by atoms with Gasteiger partial charge in [0.25, 0.3) is 0 Å². The van der Waals surface area contributed by atoms with Gasteiger partial charge in [-0.05, 0) is 41.5 Å². The van der Waals surface area contributed by atoms with Crippen molar-refractivity contribution in [3.8, 4) is 17.2 Å². The summed E-state index contributed by atoms with van der Waals surface area (Å²) in [6.45, 7) is 0.933. The van der Waals surface area contributed by atoms with Crippen LogP contribution in [0.3, 0.4) is 0 Å². The van der Waals surface area contributed by atoms with Crippen LogP contribution in [0.15, 0.2) is 42.5 Å². The van der Waals surface area contributed by atoms with E-state index in [0.29, 0.717) is 35.8 Å². The number of aromatic hydroxyl groups is 1. The van der Waals surface area contributed by atoms with Crippen molar-refractivity contribution in [2.75, 3.05) is 13.2 Å². The molecule has 0 aromatic heterocycles. The largest absolute Gasteiger partial charge is 0.508 e. The van der Waals surface area contributed by atoms with Gasteiger partial charge in [0.05, 0.1) is 5.57 Å². The van der Waals surface area contributed by atoms with Crippen LogP contribution in [-0.2, 0) is 4.79 Å². The van der Waals surface area contributed by atoms with Crippen LogP contribution >= 0.6 is 0 Å². The lowest BCUT2D eigenvalue weighted by molar-refractivity contribution is -0.130. The molecule has 3 rings (SSSR count). The molecule has 0 unspecified atom stereocenters. The van der Waals surface area contributed by atoms with Gasteiger partial charge in [-0.15, -0.1) is 0 Å². The lowest BCUT2D eigenvalue weighted by atomic mass is 10.0. The van der Waals surface area contributed by atoms with E-state index < -0.39 is 5.97 Å². The first-order valence-corrected chi connectivity index (χ1v) is 6.77. The fraction of sp³-hybridized carbons (Fsp3) is 0.118. The molecule has 112 valence electrons. The van der Waals surface area contributed by atoms with E-state index in [1.165, 1.54) is 12.1 Å². The van der Waals surface area contributed by atoms with Crippen molar-refractivity contribution < 1.29 is 24.5 Å². The standard InChI is InChI=1S/C17H14O5/c18-13-4-1-11(2-5-13)9-14(17(19)20)12-3-6-15-16(10-12)22-8-7-21-15/h1-6,9-10,18H,7-8H2,(H,19,20)/b14-9-. The number of carboxylic acid groups (broad SMARTS) is 1. The summed E-state index contributed by atoms with van der Waals surface area (Å²) in [7, 11) is 0. The summed E-state index contributed by atoms with van der Waals surface area (Å²) in [5.41, 5.74) is 1.36. The smallest absolute Gasteiger partial charge is 0.336 e. The first kappa shape index (κ1) is 14.0. The topological polar surface area (TPSA) is 76.0 Å². The van der Waals surface area contributed by atoms with Gasteiger partial charge in [-0.25, -0.2) is 4.79 Å². The van der Waals surface area contributed by atoms with Crippen molar-refractivity contribution in [3.63, 3.8) is 0 Å². The van der Waals surface area contributed by atoms with E-state index in [1.807, 2.05) is 0 Å². The number of phenols is 1. The maximum Gasteiger partial charge on any atom is 0.336 e. The molecular formula is C17H14O5. The minimum absolute atomic E-state index is 0.133. The van der Waals surface area contributed by atoms with Crippen LogP contribution in [0.4, 0.5) is 0 Å². The number of hydrogen-bond donors (Lipinski definition) is 2. The normalized spacial score (nSPS) is 13.7. The molecule has 0 saturated carbocycles. The van der Waals surface area contributed by atoms with Crippen LogP contribution in [0.2, 0.25) is 0 Å². The fourth-order valence-electron chi connectivity index (χ4n) is 2.22. The Labute approximate surface area is 127 Å². The summed E-state index contributed by atoms with van der Waals surface area (Å²) >= 11 is 0. The molecule has 1 aliphatic rings. The van der Waals surface area contributed by atoms with E-state index in [0.717, 1.165) is 0 Å². The van der Waals surface area contributed by atoms with Crippen molar-refractivity contribution in [2.24, 2.45) is 0 Å². The SMILES string of the molecule is O=C(O)/C(=C\c1ccc(O)cc1)c1ccc2c(c1)OCCO2. The molecule has 2 aromatic rings. The van der Waals surface area contributed by atoms with Crippen molar-refractivity contribution in [1.29, 1.82) is 0 Å². The van der Waals surface area contributed by atoms with Gasteiger partial charge in [0.15, 0.2) is 11.5 Å². The highest BCUT2D eigenvalue weighted by Crippen LogP contribution is 2.33. The Kier molecular flexibility index (Phi) is 3.70. The molecule has 0 aliphatic carbocycles. The second-order valence-corrected chi connectivity index (χ2v) is 4.81. The number of hydrogen-bond acceptors (Lipinski definition) is 4. The summed E-state index contributed by atoms with van der Waals surface area (Å²) in [5.74, 6) is 0.254. The van der Waals surface area contributed by atoms with Gasteiger partial charge in [0.1, 0.15) is 19.0 Å². The van der Waals surface area contributed by atoms with Gasteiger partial charge in [0.2, 0.25) is 0 Å². The number of ether oxygens (including phenoxy) is 2. The number of phenolic OH excluding ortho intramolecular Hbond substituents is 1. The Bertz CT molecular complexity index is 731. The quantitative estimate of drug-likeness (QED) is 0.673. The van der Waals surface area contributed by atoms with Crippen molar-refractivity contribution in [3.05, 3.63) is 53.6 Å². The Morgan fingerprint density at radius 1 is 1.00 bits per heavy atom. The maximum absolute atomic E-state index is 11.5. The number of fused-ring (bicyclic) bond motifs is 1. The van der Waals surface area contributed by atoms with Gasteiger partial charge < -0.3 is 19.7 Å². The third kappa shape index (κ3) is 2.88. The van der Waals surface area contributed by atoms with Crippen LogP contribution in [0.25, 0.3) is 11.6 Å². The van der Waals surface area contributed by atoms with Gasteiger partial charge in [-0.2, -0.15) is 0 Å². The van der Waals surface area contributed by atoms with E-state index in [4.69, 9.17) is 9.47 Å². The number of rotatable bonds is 3. The molecule has 0 radical (unpaired) electrons. The zero-order valence-corrected chi connectivity index (χ0v) is 11.7.